The number of nitrogens with zero attached hydrogens (tertiary/aromatic N) is 1. The summed E-state index contributed by atoms with van der Waals surface area (Å²) in [4.78, 5) is 20.2. The first-order chi connectivity index (χ1) is 14.1. The fourth-order valence-corrected chi connectivity index (χ4v) is 3.74. The zero-order valence-corrected chi connectivity index (χ0v) is 17.0. The van der Waals surface area contributed by atoms with Crippen LogP contribution in [0.1, 0.15) is 29.0 Å². The number of pyridine rings is 1. The van der Waals surface area contributed by atoms with Gasteiger partial charge in [-0.05, 0) is 41.0 Å². The third kappa shape index (κ3) is 4.61. The third-order valence-corrected chi connectivity index (χ3v) is 5.38. The Labute approximate surface area is 178 Å². The third-order valence-electron chi connectivity index (χ3n) is 4.93. The Morgan fingerprint density at radius 3 is 2.66 bits per heavy atom. The largest absolute Gasteiger partial charge is 0.361 e. The molecule has 0 aliphatic carbocycles. The molecular formula is C23H19Cl2N3O. The first kappa shape index (κ1) is 19.5. The summed E-state index contributed by atoms with van der Waals surface area (Å²) in [5.74, 6) is -0.215. The van der Waals surface area contributed by atoms with Crippen molar-refractivity contribution in [2.75, 3.05) is 0 Å². The fourth-order valence-electron chi connectivity index (χ4n) is 3.46. The highest BCUT2D eigenvalue weighted by Gasteiger charge is 2.22. The number of fused-ring (bicyclic) bond motifs is 1. The summed E-state index contributed by atoms with van der Waals surface area (Å²) in [6, 6.07) is 19.2. The van der Waals surface area contributed by atoms with Crippen LogP contribution in [-0.2, 0) is 11.3 Å². The Hall–Kier alpha value is -2.82. The maximum Gasteiger partial charge on any atom is 0.221 e. The molecule has 0 bridgehead atoms. The number of hydrogen-bond acceptors (Lipinski definition) is 2. The number of rotatable bonds is 6. The Morgan fingerprint density at radius 2 is 1.90 bits per heavy atom. The summed E-state index contributed by atoms with van der Waals surface area (Å²) in [5.41, 5.74) is 3.96. The number of hydrogen-bond donors (Lipinski definition) is 2. The average Bonchev–Trinajstić information content (AvgIpc) is 3.15. The second-order valence-electron chi connectivity index (χ2n) is 6.87. The van der Waals surface area contributed by atoms with Crippen molar-refractivity contribution in [3.8, 4) is 0 Å². The van der Waals surface area contributed by atoms with Crippen LogP contribution in [-0.4, -0.2) is 15.9 Å². The highest BCUT2D eigenvalue weighted by atomic mass is 35.5. The van der Waals surface area contributed by atoms with E-state index in [1.54, 1.807) is 12.3 Å². The molecule has 1 amide bonds. The number of aromatic nitrogens is 2. The molecule has 29 heavy (non-hydrogen) atoms. The maximum atomic E-state index is 12.8. The molecule has 0 aliphatic heterocycles. The van der Waals surface area contributed by atoms with E-state index in [4.69, 9.17) is 23.2 Å². The van der Waals surface area contributed by atoms with Gasteiger partial charge < -0.3 is 10.3 Å². The van der Waals surface area contributed by atoms with Crippen LogP contribution >= 0.6 is 23.2 Å². The molecule has 0 spiro atoms. The molecule has 2 aromatic carbocycles. The highest BCUT2D eigenvalue weighted by Crippen LogP contribution is 2.34. The Morgan fingerprint density at radius 1 is 1.07 bits per heavy atom. The molecule has 0 fully saturated rings. The number of benzene rings is 2. The van der Waals surface area contributed by atoms with Gasteiger partial charge in [-0.2, -0.15) is 0 Å². The molecule has 4 rings (SSSR count). The second kappa shape index (κ2) is 8.68. The van der Waals surface area contributed by atoms with E-state index in [9.17, 15) is 4.79 Å². The van der Waals surface area contributed by atoms with Crippen molar-refractivity contribution >= 4 is 40.0 Å². The average molecular weight is 424 g/mol. The van der Waals surface area contributed by atoms with Gasteiger partial charge in [0.1, 0.15) is 5.15 Å². The quantitative estimate of drug-likeness (QED) is 0.390. The van der Waals surface area contributed by atoms with Crippen LogP contribution in [0.25, 0.3) is 10.9 Å². The van der Waals surface area contributed by atoms with Crippen molar-refractivity contribution in [3.63, 3.8) is 0 Å². The summed E-state index contributed by atoms with van der Waals surface area (Å²) >= 11 is 12.2. The van der Waals surface area contributed by atoms with Crippen molar-refractivity contribution in [1.82, 2.24) is 15.3 Å². The molecule has 1 atom stereocenters. The molecule has 2 N–H and O–H groups in total. The standard InChI is InChI=1S/C23H19Cl2N3O/c24-17-7-8-21-19(10-17)20(14-26-21)18(16-6-9-22(25)27-13-16)11-23(29)28-12-15-4-2-1-3-5-15/h1-10,13-14,18,26H,11-12H2,(H,28,29)/t18-/m0/s1. The van der Waals surface area contributed by atoms with Crippen LogP contribution in [0, 0.1) is 0 Å². The fraction of sp³-hybridized carbons (Fsp3) is 0.130. The van der Waals surface area contributed by atoms with E-state index in [0.29, 0.717) is 16.7 Å². The summed E-state index contributed by atoms with van der Waals surface area (Å²) < 4.78 is 0. The Balaban J connectivity index is 1.62. The van der Waals surface area contributed by atoms with E-state index in [0.717, 1.165) is 27.6 Å². The van der Waals surface area contributed by atoms with E-state index >= 15 is 0 Å². The molecule has 0 saturated heterocycles. The van der Waals surface area contributed by atoms with Crippen molar-refractivity contribution in [1.29, 1.82) is 0 Å². The number of nitrogens with one attached hydrogen (secondary N) is 2. The van der Waals surface area contributed by atoms with Crippen LogP contribution in [0.3, 0.4) is 0 Å². The Bertz CT molecular complexity index is 1120. The van der Waals surface area contributed by atoms with E-state index < -0.39 is 0 Å². The van der Waals surface area contributed by atoms with Crippen LogP contribution in [0.15, 0.2) is 73.1 Å². The first-order valence-corrected chi connectivity index (χ1v) is 10.0. The lowest BCUT2D eigenvalue weighted by molar-refractivity contribution is -0.121. The van der Waals surface area contributed by atoms with Gasteiger partial charge in [0.2, 0.25) is 5.91 Å². The number of carbonyl (C=O) groups excluding carboxylic acids is 1. The van der Waals surface area contributed by atoms with Crippen molar-refractivity contribution < 1.29 is 4.79 Å². The molecular weight excluding hydrogens is 405 g/mol. The zero-order chi connectivity index (χ0) is 20.2. The monoisotopic (exact) mass is 423 g/mol. The van der Waals surface area contributed by atoms with Crippen LogP contribution in [0.4, 0.5) is 0 Å². The van der Waals surface area contributed by atoms with E-state index in [-0.39, 0.29) is 18.2 Å². The van der Waals surface area contributed by atoms with E-state index in [2.05, 4.69) is 15.3 Å². The lowest BCUT2D eigenvalue weighted by Gasteiger charge is -2.17. The predicted molar refractivity (Wildman–Crippen MR) is 117 cm³/mol. The molecule has 146 valence electrons. The lowest BCUT2D eigenvalue weighted by Crippen LogP contribution is -2.25. The predicted octanol–water partition coefficient (Wildman–Crippen LogP) is 5.71. The number of carbonyl (C=O) groups is 1. The van der Waals surface area contributed by atoms with Crippen molar-refractivity contribution in [2.45, 2.75) is 18.9 Å². The van der Waals surface area contributed by atoms with Crippen LogP contribution in [0.2, 0.25) is 10.2 Å². The molecule has 0 saturated carbocycles. The summed E-state index contributed by atoms with van der Waals surface area (Å²) in [7, 11) is 0. The topological polar surface area (TPSA) is 57.8 Å². The number of amides is 1. The zero-order valence-electron chi connectivity index (χ0n) is 15.5. The van der Waals surface area contributed by atoms with Gasteiger partial charge in [-0.1, -0.05) is 59.6 Å². The number of H-pyrrole nitrogens is 1. The molecule has 0 aliphatic rings. The lowest BCUT2D eigenvalue weighted by atomic mass is 9.89. The first-order valence-electron chi connectivity index (χ1n) is 9.29. The van der Waals surface area contributed by atoms with E-state index in [1.807, 2.05) is 60.8 Å². The molecule has 0 radical (unpaired) electrons. The number of halogens is 2. The molecule has 4 nitrogen and oxygen atoms in total. The maximum absolute atomic E-state index is 12.8. The minimum atomic E-state index is -0.178. The Kier molecular flexibility index (Phi) is 5.84. The summed E-state index contributed by atoms with van der Waals surface area (Å²) in [6.07, 6.45) is 3.95. The number of aromatic amines is 1. The SMILES string of the molecule is O=C(C[C@@H](c1ccc(Cl)nc1)c1c[nH]c2ccc(Cl)cc12)NCc1ccccc1. The molecule has 2 aromatic heterocycles. The molecule has 0 unspecified atom stereocenters. The smallest absolute Gasteiger partial charge is 0.221 e. The van der Waals surface area contributed by atoms with Gasteiger partial charge in [0.15, 0.2) is 0 Å². The minimum Gasteiger partial charge on any atom is -0.361 e. The molecule has 4 aromatic rings. The second-order valence-corrected chi connectivity index (χ2v) is 7.69. The summed E-state index contributed by atoms with van der Waals surface area (Å²) in [6.45, 7) is 0.491. The van der Waals surface area contributed by atoms with Crippen molar-refractivity contribution in [3.05, 3.63) is 99.9 Å². The molecule has 2 heterocycles. The highest BCUT2D eigenvalue weighted by molar-refractivity contribution is 6.31. The van der Waals surface area contributed by atoms with Crippen molar-refractivity contribution in [2.24, 2.45) is 0 Å². The summed E-state index contributed by atoms with van der Waals surface area (Å²) in [5, 5.41) is 5.08. The molecule has 6 heteroatoms. The van der Waals surface area contributed by atoms with Gasteiger partial charge in [-0.15, -0.1) is 0 Å². The van der Waals surface area contributed by atoms with Gasteiger partial charge in [0, 0.05) is 47.2 Å². The van der Waals surface area contributed by atoms with Gasteiger partial charge in [-0.25, -0.2) is 4.98 Å². The normalized spacial score (nSPS) is 12.1. The van der Waals surface area contributed by atoms with Gasteiger partial charge in [-0.3, -0.25) is 4.79 Å². The van der Waals surface area contributed by atoms with E-state index in [1.165, 1.54) is 0 Å². The van der Waals surface area contributed by atoms with Crippen LogP contribution < -0.4 is 5.32 Å². The van der Waals surface area contributed by atoms with Gasteiger partial charge in [0.05, 0.1) is 0 Å². The van der Waals surface area contributed by atoms with Gasteiger partial charge >= 0.3 is 0 Å². The van der Waals surface area contributed by atoms with Crippen LogP contribution in [0.5, 0.6) is 0 Å². The van der Waals surface area contributed by atoms with Gasteiger partial charge in [0.25, 0.3) is 0 Å². The minimum absolute atomic E-state index is 0.0369.